The molecule has 0 N–H and O–H groups in total. The first-order valence-corrected chi connectivity index (χ1v) is 5.43. The standard InChI is InChI=1S/C9H12ClN3/c10-5-8-11-12-9(6-1-2-6)13(8)7-3-4-7/h6-7H,1-5H2. The average Bonchev–Trinajstić information content (AvgIpc) is 3.03. The van der Waals surface area contributed by atoms with E-state index in [0.29, 0.717) is 17.8 Å². The first-order chi connectivity index (χ1) is 6.40. The molecular weight excluding hydrogens is 186 g/mol. The van der Waals surface area contributed by atoms with Gasteiger partial charge in [0.15, 0.2) is 0 Å². The zero-order valence-corrected chi connectivity index (χ0v) is 8.17. The fraction of sp³-hybridized carbons (Fsp3) is 0.778. The van der Waals surface area contributed by atoms with Gasteiger partial charge in [0.25, 0.3) is 0 Å². The highest BCUT2D eigenvalue weighted by molar-refractivity contribution is 6.16. The van der Waals surface area contributed by atoms with Crippen molar-refractivity contribution in [1.82, 2.24) is 14.8 Å². The van der Waals surface area contributed by atoms with Gasteiger partial charge in [0, 0.05) is 12.0 Å². The van der Waals surface area contributed by atoms with Crippen LogP contribution < -0.4 is 0 Å². The Morgan fingerprint density at radius 2 is 2.00 bits per heavy atom. The van der Waals surface area contributed by atoms with Crippen molar-refractivity contribution in [3.63, 3.8) is 0 Å². The molecule has 3 nitrogen and oxygen atoms in total. The third kappa shape index (κ3) is 1.26. The Kier molecular flexibility index (Phi) is 1.62. The molecule has 4 heteroatoms. The lowest BCUT2D eigenvalue weighted by molar-refractivity contribution is 0.660. The van der Waals surface area contributed by atoms with Crippen molar-refractivity contribution in [2.24, 2.45) is 0 Å². The van der Waals surface area contributed by atoms with E-state index in [2.05, 4.69) is 14.8 Å². The average molecular weight is 198 g/mol. The second-order valence-electron chi connectivity index (χ2n) is 3.98. The first kappa shape index (κ1) is 7.80. The van der Waals surface area contributed by atoms with Crippen LogP contribution in [0.1, 0.15) is 49.3 Å². The predicted molar refractivity (Wildman–Crippen MR) is 49.8 cm³/mol. The highest BCUT2D eigenvalue weighted by Gasteiger charge is 2.35. The fourth-order valence-corrected chi connectivity index (χ4v) is 1.96. The normalized spacial score (nSPS) is 22.2. The maximum Gasteiger partial charge on any atom is 0.148 e. The van der Waals surface area contributed by atoms with E-state index in [1.54, 1.807) is 0 Å². The molecule has 2 aliphatic carbocycles. The van der Waals surface area contributed by atoms with Crippen LogP contribution in [0.5, 0.6) is 0 Å². The van der Waals surface area contributed by atoms with E-state index < -0.39 is 0 Å². The maximum atomic E-state index is 5.82. The Morgan fingerprint density at radius 1 is 1.23 bits per heavy atom. The Morgan fingerprint density at radius 3 is 2.54 bits per heavy atom. The summed E-state index contributed by atoms with van der Waals surface area (Å²) >= 11 is 5.82. The molecule has 0 unspecified atom stereocenters. The van der Waals surface area contributed by atoms with Gasteiger partial charge in [-0.05, 0) is 25.7 Å². The van der Waals surface area contributed by atoms with E-state index in [0.717, 1.165) is 5.82 Å². The molecule has 1 aromatic rings. The van der Waals surface area contributed by atoms with Gasteiger partial charge in [-0.25, -0.2) is 0 Å². The van der Waals surface area contributed by atoms with Crippen LogP contribution in [0.25, 0.3) is 0 Å². The van der Waals surface area contributed by atoms with E-state index in [1.165, 1.54) is 31.5 Å². The zero-order valence-electron chi connectivity index (χ0n) is 7.41. The van der Waals surface area contributed by atoms with Crippen molar-refractivity contribution in [3.05, 3.63) is 11.6 Å². The van der Waals surface area contributed by atoms with Gasteiger partial charge in [-0.1, -0.05) is 0 Å². The van der Waals surface area contributed by atoms with Crippen LogP contribution in [0, 0.1) is 0 Å². The quantitative estimate of drug-likeness (QED) is 0.696. The molecule has 0 aromatic carbocycles. The molecule has 3 rings (SSSR count). The van der Waals surface area contributed by atoms with E-state index in [4.69, 9.17) is 11.6 Å². The Balaban J connectivity index is 2.01. The summed E-state index contributed by atoms with van der Waals surface area (Å²) in [4.78, 5) is 0. The van der Waals surface area contributed by atoms with Crippen LogP contribution >= 0.6 is 11.6 Å². The summed E-state index contributed by atoms with van der Waals surface area (Å²) in [6.07, 6.45) is 5.13. The smallest absolute Gasteiger partial charge is 0.148 e. The molecule has 0 saturated heterocycles. The number of alkyl halides is 1. The van der Waals surface area contributed by atoms with Crippen LogP contribution in [0.4, 0.5) is 0 Å². The monoisotopic (exact) mass is 197 g/mol. The number of hydrogen-bond donors (Lipinski definition) is 0. The molecule has 0 bridgehead atoms. The van der Waals surface area contributed by atoms with Crippen molar-refractivity contribution in [2.45, 2.75) is 43.5 Å². The van der Waals surface area contributed by atoms with Crippen LogP contribution in [-0.2, 0) is 5.88 Å². The van der Waals surface area contributed by atoms with Gasteiger partial charge in [0.1, 0.15) is 11.6 Å². The number of aromatic nitrogens is 3. The number of halogens is 1. The summed E-state index contributed by atoms with van der Waals surface area (Å²) in [6.45, 7) is 0. The van der Waals surface area contributed by atoms with Gasteiger partial charge < -0.3 is 4.57 Å². The molecule has 2 fully saturated rings. The molecule has 1 aromatic heterocycles. The Labute approximate surface area is 82.1 Å². The summed E-state index contributed by atoms with van der Waals surface area (Å²) in [6, 6.07) is 0.666. The molecule has 13 heavy (non-hydrogen) atoms. The molecule has 0 spiro atoms. The molecule has 0 amide bonds. The van der Waals surface area contributed by atoms with Crippen molar-refractivity contribution in [3.8, 4) is 0 Å². The molecule has 2 saturated carbocycles. The molecule has 0 atom stereocenters. The van der Waals surface area contributed by atoms with E-state index >= 15 is 0 Å². The lowest BCUT2D eigenvalue weighted by atomic mass is 10.4. The van der Waals surface area contributed by atoms with Gasteiger partial charge in [0.2, 0.25) is 0 Å². The molecule has 2 aliphatic rings. The third-order valence-corrected chi connectivity index (χ3v) is 3.01. The lowest BCUT2D eigenvalue weighted by Gasteiger charge is -2.05. The summed E-state index contributed by atoms with van der Waals surface area (Å²) in [5.74, 6) is 3.34. The molecular formula is C9H12ClN3. The first-order valence-electron chi connectivity index (χ1n) is 4.90. The van der Waals surface area contributed by atoms with Crippen LogP contribution in [0.15, 0.2) is 0 Å². The summed E-state index contributed by atoms with van der Waals surface area (Å²) in [5.41, 5.74) is 0. The lowest BCUT2D eigenvalue weighted by Crippen LogP contribution is -2.03. The second kappa shape index (κ2) is 2.71. The van der Waals surface area contributed by atoms with Crippen LogP contribution in [0.3, 0.4) is 0 Å². The molecule has 0 radical (unpaired) electrons. The van der Waals surface area contributed by atoms with Crippen LogP contribution in [0.2, 0.25) is 0 Å². The van der Waals surface area contributed by atoms with Gasteiger partial charge >= 0.3 is 0 Å². The highest BCUT2D eigenvalue weighted by Crippen LogP contribution is 2.44. The van der Waals surface area contributed by atoms with Crippen molar-refractivity contribution in [2.75, 3.05) is 0 Å². The Hall–Kier alpha value is -0.570. The predicted octanol–water partition coefficient (Wildman–Crippen LogP) is 2.23. The van der Waals surface area contributed by atoms with Gasteiger partial charge in [-0.3, -0.25) is 0 Å². The van der Waals surface area contributed by atoms with E-state index in [9.17, 15) is 0 Å². The number of hydrogen-bond acceptors (Lipinski definition) is 2. The molecule has 0 aliphatic heterocycles. The minimum atomic E-state index is 0.496. The fourth-order valence-electron chi connectivity index (χ4n) is 1.78. The minimum Gasteiger partial charge on any atom is -0.311 e. The highest BCUT2D eigenvalue weighted by atomic mass is 35.5. The van der Waals surface area contributed by atoms with Gasteiger partial charge in [-0.2, -0.15) is 0 Å². The second-order valence-corrected chi connectivity index (χ2v) is 4.25. The van der Waals surface area contributed by atoms with Gasteiger partial charge in [-0.15, -0.1) is 21.8 Å². The Bertz CT molecular complexity index is 326. The van der Waals surface area contributed by atoms with E-state index in [-0.39, 0.29) is 0 Å². The maximum absolute atomic E-state index is 5.82. The zero-order chi connectivity index (χ0) is 8.84. The van der Waals surface area contributed by atoms with E-state index in [1.807, 2.05) is 0 Å². The van der Waals surface area contributed by atoms with Gasteiger partial charge in [0.05, 0.1) is 5.88 Å². The molecule has 1 heterocycles. The number of nitrogens with zero attached hydrogens (tertiary/aromatic N) is 3. The summed E-state index contributed by atoms with van der Waals surface area (Å²) in [7, 11) is 0. The van der Waals surface area contributed by atoms with Crippen LogP contribution in [-0.4, -0.2) is 14.8 Å². The SMILES string of the molecule is ClCc1nnc(C2CC2)n1C1CC1. The van der Waals surface area contributed by atoms with Crippen molar-refractivity contribution >= 4 is 11.6 Å². The third-order valence-electron chi connectivity index (χ3n) is 2.77. The minimum absolute atomic E-state index is 0.496. The summed E-state index contributed by atoms with van der Waals surface area (Å²) in [5, 5.41) is 8.38. The summed E-state index contributed by atoms with van der Waals surface area (Å²) < 4.78 is 2.28. The van der Waals surface area contributed by atoms with Crippen molar-refractivity contribution in [1.29, 1.82) is 0 Å². The topological polar surface area (TPSA) is 30.7 Å². The number of rotatable bonds is 3. The largest absolute Gasteiger partial charge is 0.311 e. The van der Waals surface area contributed by atoms with Crippen molar-refractivity contribution < 1.29 is 0 Å². The molecule has 70 valence electrons.